The second kappa shape index (κ2) is 4.27. The van der Waals surface area contributed by atoms with Crippen molar-refractivity contribution in [1.82, 2.24) is 0 Å². The van der Waals surface area contributed by atoms with Gasteiger partial charge in [-0.1, -0.05) is 32.9 Å². The summed E-state index contributed by atoms with van der Waals surface area (Å²) in [5.74, 6) is 0.961. The van der Waals surface area contributed by atoms with E-state index in [4.69, 9.17) is 4.74 Å². The van der Waals surface area contributed by atoms with Crippen LogP contribution in [0.5, 0.6) is 5.75 Å². The Morgan fingerprint density at radius 3 is 2.33 bits per heavy atom. The molecule has 2 nitrogen and oxygen atoms in total. The molecular weight excluding hydrogens is 224 g/mol. The molecule has 0 atom stereocenters. The number of benzene rings is 1. The van der Waals surface area contributed by atoms with Gasteiger partial charge in [0.25, 0.3) is 0 Å². The zero-order valence-corrected chi connectivity index (χ0v) is 12.1. The summed E-state index contributed by atoms with van der Waals surface area (Å²) in [4.78, 5) is 0. The van der Waals surface area contributed by atoms with Gasteiger partial charge in [0.1, 0.15) is 5.75 Å². The van der Waals surface area contributed by atoms with E-state index in [1.54, 1.807) is 7.11 Å². The maximum absolute atomic E-state index is 10.2. The summed E-state index contributed by atoms with van der Waals surface area (Å²) < 4.78 is 5.65. The second-order valence-corrected chi connectivity index (χ2v) is 6.59. The number of hydrogen-bond acceptors (Lipinski definition) is 2. The number of hydrogen-bond donors (Lipinski definition) is 1. The molecule has 0 amide bonds. The zero-order valence-electron chi connectivity index (χ0n) is 12.1. The lowest BCUT2D eigenvalue weighted by Crippen LogP contribution is -2.17. The van der Waals surface area contributed by atoms with Gasteiger partial charge in [-0.3, -0.25) is 0 Å². The first-order chi connectivity index (χ1) is 8.27. The van der Waals surface area contributed by atoms with Crippen molar-refractivity contribution >= 4 is 0 Å². The van der Waals surface area contributed by atoms with Crippen LogP contribution in [0, 0.1) is 6.92 Å². The Balaban J connectivity index is 2.49. The van der Waals surface area contributed by atoms with Crippen molar-refractivity contribution in [3.05, 3.63) is 28.8 Å². The third-order valence-corrected chi connectivity index (χ3v) is 3.84. The normalized spacial score (nSPS) is 17.7. The molecular formula is C16H24O2. The molecule has 0 radical (unpaired) electrons. The van der Waals surface area contributed by atoms with Crippen LogP contribution in [0.1, 0.15) is 50.3 Å². The van der Waals surface area contributed by atoms with E-state index in [1.807, 2.05) is 0 Å². The van der Waals surface area contributed by atoms with E-state index in [2.05, 4.69) is 39.8 Å². The molecule has 1 aliphatic carbocycles. The van der Waals surface area contributed by atoms with Gasteiger partial charge in [0, 0.05) is 12.0 Å². The molecule has 1 aromatic carbocycles. The molecule has 1 aromatic rings. The van der Waals surface area contributed by atoms with Crippen molar-refractivity contribution in [3.8, 4) is 5.75 Å². The Morgan fingerprint density at radius 1 is 1.28 bits per heavy atom. The minimum Gasteiger partial charge on any atom is -0.496 e. The smallest absolute Gasteiger partial charge is 0.126 e. The summed E-state index contributed by atoms with van der Waals surface area (Å²) in [6, 6.07) is 4.29. The summed E-state index contributed by atoms with van der Waals surface area (Å²) in [5.41, 5.74) is 3.18. The summed E-state index contributed by atoms with van der Waals surface area (Å²) in [6.45, 7) is 8.66. The van der Waals surface area contributed by atoms with Gasteiger partial charge in [-0.25, -0.2) is 0 Å². The van der Waals surface area contributed by atoms with E-state index >= 15 is 0 Å². The standard InChI is InChI=1S/C16H24O2/c1-11-6-7-13(15(2,3)4)14(18-5)12(11)10-16(17)8-9-16/h6-7,17H,8-10H2,1-5H3. The predicted octanol–water partition coefficient (Wildman–Crippen LogP) is 3.37. The number of aryl methyl sites for hydroxylation is 1. The van der Waals surface area contributed by atoms with Crippen LogP contribution in [0.15, 0.2) is 12.1 Å². The first-order valence-corrected chi connectivity index (χ1v) is 6.66. The van der Waals surface area contributed by atoms with Crippen LogP contribution in [-0.2, 0) is 11.8 Å². The molecule has 1 saturated carbocycles. The molecule has 0 aliphatic heterocycles. The fraction of sp³-hybridized carbons (Fsp3) is 0.625. The maximum atomic E-state index is 10.2. The highest BCUT2D eigenvalue weighted by Gasteiger charge is 2.41. The molecule has 0 heterocycles. The van der Waals surface area contributed by atoms with E-state index in [1.165, 1.54) is 16.7 Å². The van der Waals surface area contributed by atoms with E-state index in [0.717, 1.165) is 18.6 Å². The lowest BCUT2D eigenvalue weighted by Gasteiger charge is -2.26. The summed E-state index contributed by atoms with van der Waals surface area (Å²) in [5, 5.41) is 10.2. The Morgan fingerprint density at radius 2 is 1.89 bits per heavy atom. The fourth-order valence-electron chi connectivity index (χ4n) is 2.42. The average Bonchev–Trinajstić information content (AvgIpc) is 2.97. The van der Waals surface area contributed by atoms with E-state index in [0.29, 0.717) is 6.42 Å². The number of aliphatic hydroxyl groups is 1. The van der Waals surface area contributed by atoms with E-state index in [-0.39, 0.29) is 5.41 Å². The number of ether oxygens (including phenoxy) is 1. The van der Waals surface area contributed by atoms with E-state index < -0.39 is 5.60 Å². The average molecular weight is 248 g/mol. The largest absolute Gasteiger partial charge is 0.496 e. The summed E-state index contributed by atoms with van der Waals surface area (Å²) >= 11 is 0. The third-order valence-electron chi connectivity index (χ3n) is 3.84. The van der Waals surface area contributed by atoms with Gasteiger partial charge in [-0.05, 0) is 36.3 Å². The Labute approximate surface area is 110 Å². The minimum atomic E-state index is -0.478. The highest BCUT2D eigenvalue weighted by atomic mass is 16.5. The molecule has 0 saturated heterocycles. The summed E-state index contributed by atoms with van der Waals surface area (Å²) in [6.07, 6.45) is 2.54. The first kappa shape index (κ1) is 13.4. The SMILES string of the molecule is COc1c(C(C)(C)C)ccc(C)c1CC1(O)CC1. The first-order valence-electron chi connectivity index (χ1n) is 6.66. The third kappa shape index (κ3) is 2.54. The second-order valence-electron chi connectivity index (χ2n) is 6.59. The minimum absolute atomic E-state index is 0.0555. The molecule has 0 aromatic heterocycles. The van der Waals surface area contributed by atoms with Crippen LogP contribution in [0.2, 0.25) is 0 Å². The topological polar surface area (TPSA) is 29.5 Å². The van der Waals surface area contributed by atoms with E-state index in [9.17, 15) is 5.11 Å². The van der Waals surface area contributed by atoms with Crippen molar-refractivity contribution in [2.45, 2.75) is 58.0 Å². The Bertz CT molecular complexity index is 451. The highest BCUT2D eigenvalue weighted by Crippen LogP contribution is 2.43. The quantitative estimate of drug-likeness (QED) is 0.888. The highest BCUT2D eigenvalue weighted by molar-refractivity contribution is 5.50. The molecule has 2 rings (SSSR count). The van der Waals surface area contributed by atoms with Crippen molar-refractivity contribution in [2.75, 3.05) is 7.11 Å². The molecule has 1 aliphatic rings. The van der Waals surface area contributed by atoms with Gasteiger partial charge >= 0.3 is 0 Å². The Kier molecular flexibility index (Phi) is 3.18. The van der Waals surface area contributed by atoms with Crippen LogP contribution in [0.3, 0.4) is 0 Å². The van der Waals surface area contributed by atoms with Gasteiger partial charge < -0.3 is 9.84 Å². The maximum Gasteiger partial charge on any atom is 0.126 e. The van der Waals surface area contributed by atoms with Crippen LogP contribution < -0.4 is 4.74 Å². The number of methoxy groups -OCH3 is 1. The van der Waals surface area contributed by atoms with Gasteiger partial charge in [0.15, 0.2) is 0 Å². The predicted molar refractivity (Wildman–Crippen MR) is 74.3 cm³/mol. The number of rotatable bonds is 3. The summed E-state index contributed by atoms with van der Waals surface area (Å²) in [7, 11) is 1.73. The lowest BCUT2D eigenvalue weighted by atomic mass is 9.83. The van der Waals surface area contributed by atoms with Gasteiger partial charge in [0.05, 0.1) is 12.7 Å². The van der Waals surface area contributed by atoms with Crippen LogP contribution in [0.25, 0.3) is 0 Å². The molecule has 18 heavy (non-hydrogen) atoms. The van der Waals surface area contributed by atoms with Crippen LogP contribution in [-0.4, -0.2) is 17.8 Å². The lowest BCUT2D eigenvalue weighted by molar-refractivity contribution is 0.149. The van der Waals surface area contributed by atoms with Crippen LogP contribution in [0.4, 0.5) is 0 Å². The van der Waals surface area contributed by atoms with Crippen molar-refractivity contribution < 1.29 is 9.84 Å². The molecule has 0 spiro atoms. The van der Waals surface area contributed by atoms with Gasteiger partial charge in [0.2, 0.25) is 0 Å². The molecule has 1 N–H and O–H groups in total. The van der Waals surface area contributed by atoms with Crippen molar-refractivity contribution in [2.24, 2.45) is 0 Å². The Hall–Kier alpha value is -1.02. The van der Waals surface area contributed by atoms with Gasteiger partial charge in [-0.2, -0.15) is 0 Å². The van der Waals surface area contributed by atoms with Gasteiger partial charge in [-0.15, -0.1) is 0 Å². The monoisotopic (exact) mass is 248 g/mol. The molecule has 1 fully saturated rings. The molecule has 0 unspecified atom stereocenters. The molecule has 0 bridgehead atoms. The molecule has 100 valence electrons. The van der Waals surface area contributed by atoms with Crippen LogP contribution >= 0.6 is 0 Å². The van der Waals surface area contributed by atoms with Crippen molar-refractivity contribution in [1.29, 1.82) is 0 Å². The molecule has 2 heteroatoms. The van der Waals surface area contributed by atoms with Crippen molar-refractivity contribution in [3.63, 3.8) is 0 Å². The fourth-order valence-corrected chi connectivity index (χ4v) is 2.42. The zero-order chi connectivity index (χ0) is 13.6.